The fourth-order valence-corrected chi connectivity index (χ4v) is 19.1. The van der Waals surface area contributed by atoms with E-state index in [1.54, 1.807) is 0 Å². The largest absolute Gasteiger partial charge is 0.384 e. The number of rotatable bonds is 36. The van der Waals surface area contributed by atoms with Gasteiger partial charge in [-0.25, -0.2) is 0 Å². The highest BCUT2D eigenvalue weighted by atomic mass is 32.1. The van der Waals surface area contributed by atoms with Crippen molar-refractivity contribution in [3.8, 4) is 0 Å². The van der Waals surface area contributed by atoms with Gasteiger partial charge >= 0.3 is 0 Å². The van der Waals surface area contributed by atoms with Gasteiger partial charge < -0.3 is 73.2 Å². The van der Waals surface area contributed by atoms with Crippen LogP contribution in [0.5, 0.6) is 0 Å². The van der Waals surface area contributed by atoms with Crippen molar-refractivity contribution in [2.75, 3.05) is 197 Å². The van der Waals surface area contributed by atoms with Gasteiger partial charge in [0.15, 0.2) is 0 Å². The first kappa shape index (κ1) is 114. The molecule has 7 aromatic rings. The molecule has 0 fully saturated rings. The van der Waals surface area contributed by atoms with Crippen molar-refractivity contribution >= 4 is 211 Å². The topological polar surface area (TPSA) is 152 Å². The molecule has 0 atom stereocenters. The first-order valence-electron chi connectivity index (χ1n) is 42.0. The van der Waals surface area contributed by atoms with Crippen molar-refractivity contribution < 1.29 is 0 Å². The Kier molecular flexibility index (Phi) is 49.7. The molecule has 0 heterocycles. The van der Waals surface area contributed by atoms with E-state index in [4.69, 9.17) is 183 Å². The molecular formula is C90H152N14S14. The zero-order valence-electron chi connectivity index (χ0n) is 78.1. The molecule has 666 valence electrons. The first-order chi connectivity index (χ1) is 54.2. The van der Waals surface area contributed by atoms with Crippen LogP contribution in [0.1, 0.15) is 250 Å². The lowest BCUT2D eigenvalue weighted by Gasteiger charge is -2.32. The maximum Gasteiger partial charge on any atom is 0.0798 e. The van der Waals surface area contributed by atoms with E-state index in [1.165, 1.54) is 44.6 Å². The maximum absolute atomic E-state index is 5.52. The third-order valence-electron chi connectivity index (χ3n) is 20.0. The number of nitrogens with zero attached hydrogens (tertiary/aromatic N) is 5. The van der Waals surface area contributed by atoms with E-state index in [0.29, 0.717) is 13.1 Å². The van der Waals surface area contributed by atoms with Crippen molar-refractivity contribution in [1.29, 1.82) is 0 Å². The molecule has 0 bridgehead atoms. The Balaban J connectivity index is 0.000000689. The molecule has 118 heavy (non-hydrogen) atoms. The Hall–Kier alpha value is -2.24. The van der Waals surface area contributed by atoms with Crippen LogP contribution < -0.4 is 58.5 Å². The van der Waals surface area contributed by atoms with Gasteiger partial charge in [-0.3, -0.25) is 0 Å². The zero-order chi connectivity index (χ0) is 91.5. The van der Waals surface area contributed by atoms with Gasteiger partial charge in [-0.1, -0.05) is 337 Å². The number of anilines is 7. The molecular weight excluding hydrogens is 1730 g/mol. The van der Waals surface area contributed by atoms with Crippen molar-refractivity contribution in [2.45, 2.75) is 249 Å². The second-order valence-corrected chi connectivity index (χ2v) is 43.7. The molecule has 7 rings (SSSR count). The van der Waals surface area contributed by atoms with E-state index in [1.807, 2.05) is 14.1 Å². The lowest BCUT2D eigenvalue weighted by Crippen LogP contribution is -2.28. The first-order valence-corrected chi connectivity index (χ1v) is 47.7. The third kappa shape index (κ3) is 33.8. The van der Waals surface area contributed by atoms with Crippen molar-refractivity contribution in [3.05, 3.63) is 102 Å². The zero-order valence-corrected chi connectivity index (χ0v) is 89.5. The highest BCUT2D eigenvalue weighted by molar-refractivity contribution is 7.76. The van der Waals surface area contributed by atoms with Crippen LogP contribution in [0.3, 0.4) is 0 Å². The molecule has 0 saturated heterocycles. The van der Waals surface area contributed by atoms with E-state index in [0.717, 1.165) is 240 Å². The van der Waals surface area contributed by atoms with Crippen LogP contribution in [0.25, 0.3) is 0 Å². The minimum Gasteiger partial charge on any atom is -0.384 e. The number of hydrogen-bond acceptors (Lipinski definition) is 28. The van der Waals surface area contributed by atoms with Crippen LogP contribution in [0, 0.1) is 63.1 Å². The Morgan fingerprint density at radius 2 is 0.483 bits per heavy atom. The third-order valence-corrected chi connectivity index (χ3v) is 26.6. The van der Waals surface area contributed by atoms with Gasteiger partial charge in [0, 0.05) is 98.9 Å². The Morgan fingerprint density at radius 1 is 0.254 bits per heavy atom. The van der Waals surface area contributed by atoms with Crippen LogP contribution in [-0.2, 0) is 37.9 Å². The average molecular weight is 1880 g/mol. The predicted molar refractivity (Wildman–Crippen MR) is 561 cm³/mol. The second-order valence-electron chi connectivity index (χ2n) is 38.0. The number of hydrogen-bond donors (Lipinski definition) is 9. The summed E-state index contributed by atoms with van der Waals surface area (Å²) < 4.78 is 12.0. The lowest BCUT2D eigenvalue weighted by atomic mass is 9.83. The summed E-state index contributed by atoms with van der Waals surface area (Å²) in [6.45, 7) is 69.1. The number of nitrogens with one attached hydrogen (secondary N) is 7. The molecule has 0 aliphatic rings. The molecule has 7 aromatic carbocycles. The molecule has 0 aliphatic heterocycles. The Morgan fingerprint density at radius 3 is 0.729 bits per heavy atom. The van der Waals surface area contributed by atoms with Gasteiger partial charge in [-0.2, -0.15) is 0 Å². The number of nitrogens with two attached hydrogens (primary N) is 2. The van der Waals surface area contributed by atoms with E-state index < -0.39 is 0 Å². The molecule has 0 unspecified atom stereocenters. The van der Waals surface area contributed by atoms with E-state index in [2.05, 4.69) is 263 Å². The Labute approximate surface area is 788 Å². The van der Waals surface area contributed by atoms with Crippen molar-refractivity contribution in [3.63, 3.8) is 0 Å². The fraction of sp³-hybridized carbons (Fsp3) is 0.689. The summed E-state index contributed by atoms with van der Waals surface area (Å²) >= 11 is 74.5. The van der Waals surface area contributed by atoms with E-state index in [9.17, 15) is 0 Å². The molecule has 11 N–H and O–H groups in total. The Bertz CT molecular complexity index is 4800. The quantitative estimate of drug-likeness (QED) is 0.0135. The predicted octanol–water partition coefficient (Wildman–Crippen LogP) is 25.1. The molecule has 0 aliphatic carbocycles. The molecule has 28 heteroatoms. The summed E-state index contributed by atoms with van der Waals surface area (Å²) in [5.74, 6) is 0. The molecule has 14 nitrogen and oxygen atoms in total. The van der Waals surface area contributed by atoms with Gasteiger partial charge in [-0.15, -0.1) is 0 Å². The summed E-state index contributed by atoms with van der Waals surface area (Å²) in [4.78, 5) is 11.4. The normalized spacial score (nSPS) is 12.2. The summed E-state index contributed by atoms with van der Waals surface area (Å²) in [7, 11) is 14.4. The van der Waals surface area contributed by atoms with Crippen LogP contribution in [0.4, 0.5) is 39.8 Å². The van der Waals surface area contributed by atoms with Gasteiger partial charge in [0.1, 0.15) is 0 Å². The SMILES string of the molecule is CC(C)(C)c1c(NCCCN)c(=S)c1=S.CCN(C)CCCNc1c(C(C)(C)C)c(=S)c1=S.CCN(CC)CCCNc1c(C(C)(C)C)c(=S)c1=S.CN(C)CCCNc1c(C(C)(C)C)c(=S)c1=S.CN(CCCN)c1c(C(C)(C)C)c(=S)c1=S.CNCCCN(C)c1c(C(C)(C)C)c(=S)c1=S.CNCCCNc1c(C(C)(C)C)c(=S)c1=S. The van der Waals surface area contributed by atoms with E-state index >= 15 is 0 Å². The van der Waals surface area contributed by atoms with Crippen LogP contribution in [-0.4, -0.2) is 175 Å². The molecule has 0 amide bonds. The summed E-state index contributed by atoms with van der Waals surface area (Å²) in [5.41, 5.74) is 28.0. The van der Waals surface area contributed by atoms with Crippen LogP contribution in [0.15, 0.2) is 0 Å². The summed E-state index contributed by atoms with van der Waals surface area (Å²) in [6, 6.07) is 0. The molecule has 0 spiro atoms. The lowest BCUT2D eigenvalue weighted by molar-refractivity contribution is 0.303. The average Bonchev–Trinajstić information content (AvgIpc) is 0.772. The summed E-state index contributed by atoms with van der Waals surface area (Å²) in [5, 5.41) is 23.4. The minimum absolute atomic E-state index is 0.0739. The molecule has 0 saturated carbocycles. The smallest absolute Gasteiger partial charge is 0.0798 e. The minimum atomic E-state index is 0.0739. The van der Waals surface area contributed by atoms with E-state index in [-0.39, 0.29) is 37.9 Å². The van der Waals surface area contributed by atoms with Crippen LogP contribution in [0.2, 0.25) is 0 Å². The van der Waals surface area contributed by atoms with Gasteiger partial charge in [0.2, 0.25) is 0 Å². The highest BCUT2D eigenvalue weighted by Gasteiger charge is 2.32. The van der Waals surface area contributed by atoms with Crippen molar-refractivity contribution in [2.24, 2.45) is 11.5 Å². The molecule has 0 radical (unpaired) electrons. The van der Waals surface area contributed by atoms with Crippen LogP contribution >= 0.6 is 171 Å². The van der Waals surface area contributed by atoms with Crippen molar-refractivity contribution in [1.82, 2.24) is 25.3 Å². The maximum atomic E-state index is 5.52. The van der Waals surface area contributed by atoms with Gasteiger partial charge in [0.25, 0.3) is 0 Å². The fourth-order valence-electron chi connectivity index (χ4n) is 13.5. The monoisotopic (exact) mass is 1880 g/mol. The van der Waals surface area contributed by atoms with Gasteiger partial charge in [-0.05, 0) is 184 Å². The molecule has 0 aromatic heterocycles. The second kappa shape index (κ2) is 51.5. The standard InChI is InChI=1S/C15H26N2S2.C14H24N2S2.2C13H22N2S2.2C12H20N2S2.C11H18N2S2/c1-6-17(7-2)10-8-9-16-12-11(15(3,4)5)13(18)14(12)19;1-6-16(5)9-7-8-15-11-10(14(2,3)4)12(17)13(11)18;1-13(2,3)9-10(12(17)11(9)16)14-7-6-8-15(4)5;1-13(2,3)9-10(12(17)11(9)16)15(5)8-6-7-14-4;1-12(2,3)8-9(11(16)10(8)15)14(4)7-5-6-13;1-12(2,3)8-9(11(16)10(8)15)14-7-5-6-13-4;1-11(2,3)7-8(10(15)9(7)14)13-6-4-5-12/h16H,6-10H2,1-5H3;15H,6-9H2,1-5H3;2*14H,6-8H2,1-5H3;5-7,13H2,1-4H3;13-14H,5-7H2,1-4H3;13H,4-6,12H2,1-3H3. The van der Waals surface area contributed by atoms with Gasteiger partial charge in [0.05, 0.1) is 103 Å². The highest BCUT2D eigenvalue weighted by Crippen LogP contribution is 2.44. The summed E-state index contributed by atoms with van der Waals surface area (Å²) in [6.07, 6.45) is 7.51.